The molecule has 0 spiro atoms. The number of para-hydroxylation sites is 2. The van der Waals surface area contributed by atoms with Gasteiger partial charge in [-0.1, -0.05) is 36.4 Å². The average molecular weight is 455 g/mol. The SMILES string of the molecule is Clc1[c-]c(COc2ccccc2)nc2ccccc12.[Br][Pd+]. The van der Waals surface area contributed by atoms with Gasteiger partial charge in [-0.05, 0) is 23.3 Å². The maximum absolute atomic E-state index is 6.19. The second-order valence-corrected chi connectivity index (χ2v) is 4.49. The van der Waals surface area contributed by atoms with E-state index in [0.717, 1.165) is 16.7 Å². The zero-order valence-corrected chi connectivity index (χ0v) is 14.7. The number of rotatable bonds is 3. The van der Waals surface area contributed by atoms with Crippen molar-refractivity contribution in [3.8, 4) is 5.75 Å². The van der Waals surface area contributed by atoms with Crippen molar-refractivity contribution in [3.05, 3.63) is 71.4 Å². The van der Waals surface area contributed by atoms with Gasteiger partial charge in [0.05, 0.1) is 0 Å². The summed E-state index contributed by atoms with van der Waals surface area (Å²) in [5.41, 5.74) is 1.56. The van der Waals surface area contributed by atoms with Crippen LogP contribution < -0.4 is 4.74 Å². The molecule has 1 aromatic heterocycles. The first-order valence-electron chi connectivity index (χ1n) is 6.09. The van der Waals surface area contributed by atoms with Crippen LogP contribution in [0.15, 0.2) is 54.6 Å². The van der Waals surface area contributed by atoms with Crippen molar-refractivity contribution < 1.29 is 21.9 Å². The molecule has 1 heterocycles. The molecule has 110 valence electrons. The summed E-state index contributed by atoms with van der Waals surface area (Å²) < 4.78 is 5.64. The molecule has 0 unspecified atom stereocenters. The van der Waals surface area contributed by atoms with Crippen molar-refractivity contribution in [1.29, 1.82) is 0 Å². The monoisotopic (exact) mass is 453 g/mol. The molecule has 0 aliphatic rings. The number of pyridine rings is 1. The average Bonchev–Trinajstić information content (AvgIpc) is 2.56. The first-order chi connectivity index (χ1) is 10.3. The number of ether oxygens (including phenoxy) is 1. The van der Waals surface area contributed by atoms with Crippen molar-refractivity contribution in [3.63, 3.8) is 0 Å². The summed E-state index contributed by atoms with van der Waals surface area (Å²) in [6.45, 7) is 0.356. The van der Waals surface area contributed by atoms with Crippen LogP contribution in [0, 0.1) is 6.07 Å². The molecule has 2 nitrogen and oxygen atoms in total. The molecule has 0 aliphatic carbocycles. The zero-order valence-electron chi connectivity index (χ0n) is 10.8. The summed E-state index contributed by atoms with van der Waals surface area (Å²) in [6, 6.07) is 20.4. The van der Waals surface area contributed by atoms with Crippen LogP contribution >= 0.6 is 25.0 Å². The van der Waals surface area contributed by atoms with Gasteiger partial charge >= 0.3 is 30.6 Å². The van der Waals surface area contributed by atoms with Gasteiger partial charge < -0.3 is 4.74 Å². The third kappa shape index (κ3) is 4.52. The van der Waals surface area contributed by atoms with E-state index in [-0.39, 0.29) is 0 Å². The molecule has 0 atom stereocenters. The molecule has 3 aromatic rings. The summed E-state index contributed by atoms with van der Waals surface area (Å²) in [4.78, 5) is 4.49. The molecule has 0 radical (unpaired) electrons. The minimum absolute atomic E-state index is 0.356. The molecule has 3 rings (SSSR count). The van der Waals surface area contributed by atoms with Crippen LogP contribution in [0.5, 0.6) is 5.75 Å². The Labute approximate surface area is 146 Å². The molecule has 2 aromatic carbocycles. The predicted molar refractivity (Wildman–Crippen MR) is 85.3 cm³/mol. The predicted octanol–water partition coefficient (Wildman–Crippen LogP) is 5.11. The van der Waals surface area contributed by atoms with Crippen LogP contribution in [0.1, 0.15) is 5.69 Å². The molecule has 0 saturated carbocycles. The normalized spacial score (nSPS) is 9.90. The standard InChI is InChI=1S/C16H11ClNO.BrH.Pd/c17-15-10-12(11-19-13-6-2-1-3-7-13)18-16-9-5-4-8-14(15)16;;/h1-9H,11H2;1H;/q-1;;+2/p-1. The van der Waals surface area contributed by atoms with Crippen LogP contribution in [0.2, 0.25) is 5.02 Å². The van der Waals surface area contributed by atoms with E-state index in [1.54, 1.807) is 0 Å². The maximum atomic E-state index is 6.19. The van der Waals surface area contributed by atoms with Gasteiger partial charge in [-0.3, -0.25) is 4.98 Å². The Hall–Kier alpha value is -0.918. The van der Waals surface area contributed by atoms with E-state index in [4.69, 9.17) is 16.3 Å². The zero-order chi connectivity index (χ0) is 15.1. The Morgan fingerprint density at radius 2 is 1.71 bits per heavy atom. The number of nitrogens with zero attached hydrogens (tertiary/aromatic N) is 1. The molecule has 0 fully saturated rings. The Balaban J connectivity index is 0.000000774. The molecular weight excluding hydrogens is 444 g/mol. The van der Waals surface area contributed by atoms with Gasteiger partial charge in [-0.25, -0.2) is 6.07 Å². The van der Waals surface area contributed by atoms with E-state index in [1.165, 1.54) is 0 Å². The fraction of sp³-hybridized carbons (Fsp3) is 0.0625. The number of hydrogen-bond acceptors (Lipinski definition) is 2. The van der Waals surface area contributed by atoms with Gasteiger partial charge in [-0.15, -0.1) is 28.1 Å². The van der Waals surface area contributed by atoms with Crippen molar-refractivity contribution in [2.75, 3.05) is 0 Å². The molecule has 0 aliphatic heterocycles. The summed E-state index contributed by atoms with van der Waals surface area (Å²) in [7, 11) is 0. The third-order valence-electron chi connectivity index (χ3n) is 2.77. The molecule has 21 heavy (non-hydrogen) atoms. The van der Waals surface area contributed by atoms with Crippen molar-refractivity contribution in [2.45, 2.75) is 6.61 Å². The van der Waals surface area contributed by atoms with E-state index >= 15 is 0 Å². The summed E-state index contributed by atoms with van der Waals surface area (Å²) in [5.74, 6) is 0.807. The Morgan fingerprint density at radius 3 is 2.48 bits per heavy atom. The van der Waals surface area contributed by atoms with Crippen LogP contribution in [-0.4, -0.2) is 4.98 Å². The Morgan fingerprint density at radius 1 is 1.05 bits per heavy atom. The van der Waals surface area contributed by atoms with Crippen LogP contribution in [0.25, 0.3) is 10.9 Å². The van der Waals surface area contributed by atoms with E-state index in [2.05, 4.69) is 41.7 Å². The first kappa shape index (κ1) is 16.5. The molecule has 5 heteroatoms. The molecular formula is C16H11BrClNOPd. The number of halogens is 2. The van der Waals surface area contributed by atoms with Gasteiger partial charge in [0.25, 0.3) is 0 Å². The van der Waals surface area contributed by atoms with Crippen molar-refractivity contribution in [2.24, 2.45) is 0 Å². The van der Waals surface area contributed by atoms with Gasteiger partial charge in [0.15, 0.2) is 0 Å². The van der Waals surface area contributed by atoms with Crippen LogP contribution in [-0.2, 0) is 23.8 Å². The molecule has 0 amide bonds. The second kappa shape index (κ2) is 8.51. The molecule has 0 saturated heterocycles. The second-order valence-electron chi connectivity index (χ2n) is 4.12. The van der Waals surface area contributed by atoms with Gasteiger partial charge in [0.1, 0.15) is 12.4 Å². The third-order valence-corrected chi connectivity index (χ3v) is 3.07. The summed E-state index contributed by atoms with van der Waals surface area (Å²) >= 11 is 11.5. The van der Waals surface area contributed by atoms with Gasteiger partial charge in [0.2, 0.25) is 0 Å². The fourth-order valence-electron chi connectivity index (χ4n) is 1.86. The van der Waals surface area contributed by atoms with Gasteiger partial charge in [-0.2, -0.15) is 0 Å². The molecule has 0 N–H and O–H groups in total. The number of hydrogen-bond donors (Lipinski definition) is 0. The molecule has 0 bridgehead atoms. The minimum atomic E-state index is 0.356. The quantitative estimate of drug-likeness (QED) is 0.405. The van der Waals surface area contributed by atoms with E-state index in [0.29, 0.717) is 17.3 Å². The van der Waals surface area contributed by atoms with Crippen molar-refractivity contribution >= 4 is 35.9 Å². The van der Waals surface area contributed by atoms with Crippen LogP contribution in [0.4, 0.5) is 0 Å². The van der Waals surface area contributed by atoms with E-state index in [1.807, 2.05) is 54.6 Å². The van der Waals surface area contributed by atoms with Crippen molar-refractivity contribution in [1.82, 2.24) is 4.98 Å². The van der Waals surface area contributed by atoms with Gasteiger partial charge in [0, 0.05) is 0 Å². The number of fused-ring (bicyclic) bond motifs is 1. The summed E-state index contributed by atoms with van der Waals surface area (Å²) in [5, 5.41) is 1.49. The fourth-order valence-corrected chi connectivity index (χ4v) is 2.13. The topological polar surface area (TPSA) is 22.1 Å². The number of benzene rings is 2. The van der Waals surface area contributed by atoms with E-state index < -0.39 is 0 Å². The van der Waals surface area contributed by atoms with Crippen LogP contribution in [0.3, 0.4) is 0 Å². The first-order valence-corrected chi connectivity index (χ1v) is 10.0. The Bertz CT molecular complexity index is 709. The summed E-state index contributed by atoms with van der Waals surface area (Å²) in [6.07, 6.45) is 0. The van der Waals surface area contributed by atoms with E-state index in [9.17, 15) is 0 Å². The Kier molecular flexibility index (Phi) is 6.66. The number of aromatic nitrogens is 1.